The van der Waals surface area contributed by atoms with Gasteiger partial charge in [0.05, 0.1) is 0 Å². The van der Waals surface area contributed by atoms with Crippen LogP contribution in [0.15, 0.2) is 0 Å². The molecule has 0 amide bonds. The summed E-state index contributed by atoms with van der Waals surface area (Å²) in [6.07, 6.45) is 0. The van der Waals surface area contributed by atoms with Gasteiger partial charge >= 0.3 is 34.7 Å². The van der Waals surface area contributed by atoms with E-state index in [4.69, 9.17) is 0 Å². The van der Waals surface area contributed by atoms with Crippen molar-refractivity contribution in [3.63, 3.8) is 0 Å². The van der Waals surface area contributed by atoms with Crippen molar-refractivity contribution in [2.45, 2.75) is 0 Å². The van der Waals surface area contributed by atoms with E-state index >= 15 is 0 Å². The van der Waals surface area contributed by atoms with E-state index in [-0.39, 0.29) is 56.6 Å². The van der Waals surface area contributed by atoms with Gasteiger partial charge in [0.1, 0.15) is 0 Å². The topological polar surface area (TPSA) is 114 Å². The summed E-state index contributed by atoms with van der Waals surface area (Å²) in [5, 5.41) is 0. The Morgan fingerprint density at radius 1 is 0.500 bits per heavy atom. The fourth-order valence-electron chi connectivity index (χ4n) is 0. The second-order valence-corrected chi connectivity index (χ2v) is 0. The molecule has 0 saturated carbocycles. The summed E-state index contributed by atoms with van der Waals surface area (Å²) in [5.74, 6) is 0. The molecule has 6 heavy (non-hydrogen) atoms. The zero-order valence-electron chi connectivity index (χ0n) is 2.45. The molecule has 0 aromatic heterocycles. The summed E-state index contributed by atoms with van der Waals surface area (Å²) in [4.78, 5) is 0. The summed E-state index contributed by atoms with van der Waals surface area (Å²) in [7, 11) is 0. The molecule has 4 radical (unpaired) electrons. The van der Waals surface area contributed by atoms with E-state index in [9.17, 15) is 0 Å². The molecule has 36 valence electrons. The molecule has 6 heteroatoms. The van der Waals surface area contributed by atoms with Gasteiger partial charge in [0.2, 0.25) is 0 Å². The van der Waals surface area contributed by atoms with Crippen LogP contribution in [-0.2, 0) is 56.6 Å². The first kappa shape index (κ1) is 294. The Labute approximate surface area is 57.0 Å². The monoisotopic (exact) mass is 168 g/mol. The third-order valence-electron chi connectivity index (χ3n) is 0. The van der Waals surface area contributed by atoms with Crippen LogP contribution in [0.4, 0.5) is 0 Å². The molecule has 0 aliphatic heterocycles. The molecule has 0 saturated heterocycles. The Morgan fingerprint density at radius 3 is 0.500 bits per heavy atom. The smallest absolute Gasteiger partial charge is 2.00 e. The molecule has 0 fully saturated rings. The molecule has 0 atom stereocenters. The van der Waals surface area contributed by atoms with E-state index in [1.165, 1.54) is 0 Å². The quantitative estimate of drug-likeness (QED) is 0.464. The Hall–Kier alpha value is 0.905. The van der Waals surface area contributed by atoms with Crippen LogP contribution in [-0.4, -0.2) is 0 Å². The van der Waals surface area contributed by atoms with Gasteiger partial charge in [0.25, 0.3) is 0 Å². The molecule has 4 nitrogen and oxygen atoms in total. The normalized spacial score (nSPS) is 0. The maximum Gasteiger partial charge on any atom is 3.00 e. The predicted molar refractivity (Wildman–Crippen MR) is 2.75 cm³/mol. The van der Waals surface area contributed by atoms with Crippen molar-refractivity contribution >= 4 is 0 Å². The second kappa shape index (κ2) is 173. The molecular formula is Cr2O4. The van der Waals surface area contributed by atoms with Crippen LogP contribution >= 0.6 is 0 Å². The number of rotatable bonds is 0. The first-order valence-corrected chi connectivity index (χ1v) is 0. The van der Waals surface area contributed by atoms with E-state index in [1.54, 1.807) is 0 Å². The average molecular weight is 168 g/mol. The molecule has 0 unspecified atom stereocenters. The second-order valence-electron chi connectivity index (χ2n) is 0. The molecular weight excluding hydrogens is 168 g/mol. The zero-order valence-corrected chi connectivity index (χ0v) is 5.00. The van der Waals surface area contributed by atoms with Gasteiger partial charge in [-0.3, -0.25) is 0 Å². The van der Waals surface area contributed by atoms with Crippen molar-refractivity contribution in [2.24, 2.45) is 0 Å². The maximum atomic E-state index is 0. The zero-order chi connectivity index (χ0) is 0. The van der Waals surface area contributed by atoms with Gasteiger partial charge in [0, 0.05) is 5.48 Å². The predicted octanol–water partition coefficient (Wildman–Crippen LogP) is -0.480. The van der Waals surface area contributed by atoms with Crippen LogP contribution in [0.5, 0.6) is 0 Å². The van der Waals surface area contributed by atoms with Crippen molar-refractivity contribution < 1.29 is 56.6 Å². The van der Waals surface area contributed by atoms with Gasteiger partial charge in [-0.15, -0.1) is 0 Å². The fourth-order valence-corrected chi connectivity index (χ4v) is 0. The molecule has 0 N–H and O–H groups in total. The first-order valence-electron chi connectivity index (χ1n) is 0. The average Bonchev–Trinajstić information content (AvgIpc) is 0. The van der Waals surface area contributed by atoms with Crippen molar-refractivity contribution in [3.05, 3.63) is 0 Å². The van der Waals surface area contributed by atoms with Crippen molar-refractivity contribution in [2.75, 3.05) is 0 Å². The fraction of sp³-hybridized carbons (Fsp3) is 0. The molecule has 0 aromatic rings. The van der Waals surface area contributed by atoms with Crippen molar-refractivity contribution in [1.82, 2.24) is 0 Å². The van der Waals surface area contributed by atoms with Gasteiger partial charge in [-0.2, -0.15) is 0 Å². The van der Waals surface area contributed by atoms with Crippen LogP contribution in [0, 0.1) is 0 Å². The summed E-state index contributed by atoms with van der Waals surface area (Å²) in [6.45, 7) is 0. The minimum Gasteiger partial charge on any atom is -2.00 e. The summed E-state index contributed by atoms with van der Waals surface area (Å²) < 4.78 is 0. The molecule has 0 aromatic carbocycles. The Kier molecular flexibility index (Phi) is 8500. The molecule has 0 aliphatic rings. The first-order chi connectivity index (χ1) is 0. The van der Waals surface area contributed by atoms with Gasteiger partial charge in [0.15, 0.2) is 0 Å². The molecule has 0 spiro atoms. The van der Waals surface area contributed by atoms with Crippen LogP contribution in [0.2, 0.25) is 0 Å². The van der Waals surface area contributed by atoms with E-state index in [0.717, 1.165) is 0 Å². The standard InChI is InChI=1S/2Cr.4O/q2*+3;;3*-2. The van der Waals surface area contributed by atoms with E-state index < -0.39 is 0 Å². The van der Waals surface area contributed by atoms with Gasteiger partial charge < -0.3 is 16.4 Å². The van der Waals surface area contributed by atoms with Gasteiger partial charge in [-0.25, -0.2) is 0 Å². The van der Waals surface area contributed by atoms with E-state index in [2.05, 4.69) is 0 Å². The minimum atomic E-state index is 0. The number of hydrogen-bond acceptors (Lipinski definition) is 0. The van der Waals surface area contributed by atoms with Crippen LogP contribution in [0.1, 0.15) is 0 Å². The Bertz CT molecular complexity index is 5.51. The molecule has 0 heterocycles. The van der Waals surface area contributed by atoms with Gasteiger partial charge in [-0.1, -0.05) is 0 Å². The minimum absolute atomic E-state index is 0. The van der Waals surface area contributed by atoms with Crippen LogP contribution in [0.3, 0.4) is 0 Å². The van der Waals surface area contributed by atoms with Crippen LogP contribution < -0.4 is 0 Å². The van der Waals surface area contributed by atoms with Crippen molar-refractivity contribution in [3.8, 4) is 0 Å². The maximum absolute atomic E-state index is 0. The summed E-state index contributed by atoms with van der Waals surface area (Å²) in [6, 6.07) is 0. The number of hydrogen-bond donors (Lipinski definition) is 0. The summed E-state index contributed by atoms with van der Waals surface area (Å²) >= 11 is 0. The van der Waals surface area contributed by atoms with E-state index in [0.29, 0.717) is 0 Å². The SMILES string of the molecule is [Cr+3].[Cr+3].[O-2].[O-2].[O-2].[O]. The third-order valence-corrected chi connectivity index (χ3v) is 0. The molecule has 0 bridgehead atoms. The Morgan fingerprint density at radius 2 is 0.500 bits per heavy atom. The largest absolute Gasteiger partial charge is 3.00 e. The van der Waals surface area contributed by atoms with Gasteiger partial charge in [-0.05, 0) is 0 Å². The van der Waals surface area contributed by atoms with Crippen LogP contribution in [0.25, 0.3) is 0 Å². The third kappa shape index (κ3) is 91.3. The van der Waals surface area contributed by atoms with Crippen molar-refractivity contribution in [1.29, 1.82) is 0 Å². The summed E-state index contributed by atoms with van der Waals surface area (Å²) in [5.41, 5.74) is 0. The van der Waals surface area contributed by atoms with E-state index in [1.807, 2.05) is 0 Å². The molecule has 0 aliphatic carbocycles. The Balaban J connectivity index is 0. The molecule has 0 rings (SSSR count).